The number of hydrogen-bond acceptors (Lipinski definition) is 4. The number of rotatable bonds is 3. The molecule has 0 aromatic carbocycles. The second-order valence-electron chi connectivity index (χ2n) is 8.08. The number of nitrogens with one attached hydrogen (secondary N) is 1. The highest BCUT2D eigenvalue weighted by atomic mass is 32.1. The van der Waals surface area contributed by atoms with Crippen molar-refractivity contribution in [3.8, 4) is 0 Å². The highest BCUT2D eigenvalue weighted by Gasteiger charge is 2.30. The van der Waals surface area contributed by atoms with Gasteiger partial charge in [-0.2, -0.15) is 0 Å². The number of piperidine rings is 1. The van der Waals surface area contributed by atoms with Crippen LogP contribution in [0, 0.1) is 5.92 Å². The Bertz CT molecular complexity index is 673. The van der Waals surface area contributed by atoms with E-state index in [1.165, 1.54) is 10.4 Å². The summed E-state index contributed by atoms with van der Waals surface area (Å²) in [6.07, 6.45) is 6.96. The number of hydrogen-bond donors (Lipinski definition) is 1. The molecule has 3 aliphatic rings. The van der Waals surface area contributed by atoms with Crippen molar-refractivity contribution in [1.29, 1.82) is 0 Å². The number of carbonyl (C=O) groups is 2. The van der Waals surface area contributed by atoms with E-state index in [4.69, 9.17) is 0 Å². The molecule has 1 aromatic heterocycles. The summed E-state index contributed by atoms with van der Waals surface area (Å²) in [6.45, 7) is 3.91. The molecule has 0 radical (unpaired) electrons. The van der Waals surface area contributed by atoms with Gasteiger partial charge in [0.2, 0.25) is 5.91 Å². The van der Waals surface area contributed by atoms with Crippen molar-refractivity contribution in [2.24, 2.45) is 5.92 Å². The summed E-state index contributed by atoms with van der Waals surface area (Å²) in [5, 5.41) is 3.28. The maximum atomic E-state index is 12.7. The number of aryl methyl sites for hydroxylation is 1. The third kappa shape index (κ3) is 3.81. The van der Waals surface area contributed by atoms with Crippen molar-refractivity contribution in [2.75, 3.05) is 33.2 Å². The predicted octanol–water partition coefficient (Wildman–Crippen LogP) is 2.30. The number of nitrogens with zero attached hydrogens (tertiary/aromatic N) is 2. The summed E-state index contributed by atoms with van der Waals surface area (Å²) in [4.78, 5) is 31.8. The van der Waals surface area contributed by atoms with Crippen LogP contribution in [0.5, 0.6) is 0 Å². The van der Waals surface area contributed by atoms with Gasteiger partial charge < -0.3 is 15.1 Å². The summed E-state index contributed by atoms with van der Waals surface area (Å²) >= 11 is 1.65. The molecule has 2 fully saturated rings. The molecule has 6 heteroatoms. The molecule has 1 aromatic rings. The van der Waals surface area contributed by atoms with Gasteiger partial charge in [-0.15, -0.1) is 11.3 Å². The lowest BCUT2D eigenvalue weighted by molar-refractivity contribution is -0.126. The molecule has 2 amide bonds. The SMILES string of the molecule is CN1CCC(NC(=O)[C@@H]2CCc3sc(C(=O)N4CCCC4)cc3C2)CC1. The van der Waals surface area contributed by atoms with Gasteiger partial charge in [-0.3, -0.25) is 9.59 Å². The van der Waals surface area contributed by atoms with Crippen LogP contribution >= 0.6 is 11.3 Å². The van der Waals surface area contributed by atoms with Crippen LogP contribution in [0.15, 0.2) is 6.07 Å². The summed E-state index contributed by atoms with van der Waals surface area (Å²) in [5.41, 5.74) is 1.23. The smallest absolute Gasteiger partial charge is 0.263 e. The minimum Gasteiger partial charge on any atom is -0.353 e. The van der Waals surface area contributed by atoms with E-state index < -0.39 is 0 Å². The van der Waals surface area contributed by atoms with Crippen LogP contribution in [-0.2, 0) is 17.6 Å². The van der Waals surface area contributed by atoms with Gasteiger partial charge in [-0.25, -0.2) is 0 Å². The van der Waals surface area contributed by atoms with E-state index in [0.29, 0.717) is 6.04 Å². The van der Waals surface area contributed by atoms with Crippen molar-refractivity contribution in [2.45, 2.75) is 51.0 Å². The molecule has 1 N–H and O–H groups in total. The summed E-state index contributed by atoms with van der Waals surface area (Å²) in [6, 6.07) is 2.39. The lowest BCUT2D eigenvalue weighted by atomic mass is 9.87. The standard InChI is InChI=1S/C20H29N3O2S/c1-22-10-6-16(7-11-22)21-19(24)14-4-5-17-15(12-14)13-18(26-17)20(25)23-8-2-3-9-23/h13-14,16H,2-12H2,1H3,(H,21,24)/t14-/m1/s1. The fraction of sp³-hybridized carbons (Fsp3) is 0.700. The quantitative estimate of drug-likeness (QED) is 0.882. The molecular formula is C20H29N3O2S. The van der Waals surface area contributed by atoms with Gasteiger partial charge in [0.1, 0.15) is 0 Å². The first kappa shape index (κ1) is 18.0. The zero-order chi connectivity index (χ0) is 18.1. The predicted molar refractivity (Wildman–Crippen MR) is 104 cm³/mol. The van der Waals surface area contributed by atoms with Gasteiger partial charge in [0.25, 0.3) is 5.91 Å². The first-order valence-electron chi connectivity index (χ1n) is 10.00. The second-order valence-corrected chi connectivity index (χ2v) is 9.22. The highest BCUT2D eigenvalue weighted by Crippen LogP contribution is 2.33. The number of fused-ring (bicyclic) bond motifs is 1. The number of carbonyl (C=O) groups excluding carboxylic acids is 2. The first-order chi connectivity index (χ1) is 12.6. The number of amides is 2. The normalized spacial score (nSPS) is 24.5. The Morgan fingerprint density at radius 3 is 2.58 bits per heavy atom. The number of thiophene rings is 1. The van der Waals surface area contributed by atoms with E-state index in [-0.39, 0.29) is 17.7 Å². The third-order valence-electron chi connectivity index (χ3n) is 6.12. The van der Waals surface area contributed by atoms with Gasteiger partial charge in [0.05, 0.1) is 4.88 Å². The molecule has 0 bridgehead atoms. The van der Waals surface area contributed by atoms with E-state index in [0.717, 1.165) is 76.0 Å². The third-order valence-corrected chi connectivity index (χ3v) is 7.35. The summed E-state index contributed by atoms with van der Waals surface area (Å²) in [7, 11) is 2.14. The van der Waals surface area contributed by atoms with E-state index >= 15 is 0 Å². The van der Waals surface area contributed by atoms with Crippen molar-refractivity contribution in [3.63, 3.8) is 0 Å². The average Bonchev–Trinajstić information content (AvgIpc) is 3.32. The minimum atomic E-state index is 0.0616. The molecule has 5 nitrogen and oxygen atoms in total. The van der Waals surface area contributed by atoms with Crippen LogP contribution in [0.2, 0.25) is 0 Å². The van der Waals surface area contributed by atoms with E-state index in [9.17, 15) is 9.59 Å². The molecule has 26 heavy (non-hydrogen) atoms. The van der Waals surface area contributed by atoms with Crippen molar-refractivity contribution in [1.82, 2.24) is 15.1 Å². The fourth-order valence-electron chi connectivity index (χ4n) is 4.40. The van der Waals surface area contributed by atoms with Crippen LogP contribution in [0.25, 0.3) is 0 Å². The van der Waals surface area contributed by atoms with E-state index in [2.05, 4.69) is 23.3 Å². The molecule has 4 rings (SSSR count). The minimum absolute atomic E-state index is 0.0616. The van der Waals surface area contributed by atoms with Crippen LogP contribution in [0.4, 0.5) is 0 Å². The van der Waals surface area contributed by atoms with Crippen molar-refractivity contribution >= 4 is 23.2 Å². The Morgan fingerprint density at radius 2 is 1.85 bits per heavy atom. The lowest BCUT2D eigenvalue weighted by Crippen LogP contribution is -2.46. The molecule has 3 heterocycles. The Hall–Kier alpha value is -1.40. The van der Waals surface area contributed by atoms with E-state index in [1.54, 1.807) is 11.3 Å². The van der Waals surface area contributed by atoms with Crippen molar-refractivity contribution < 1.29 is 9.59 Å². The molecule has 1 aliphatic carbocycles. The first-order valence-corrected chi connectivity index (χ1v) is 10.8. The molecule has 0 saturated carbocycles. The molecule has 0 spiro atoms. The average molecular weight is 376 g/mol. The Balaban J connectivity index is 1.36. The second kappa shape index (κ2) is 7.69. The van der Waals surface area contributed by atoms with Gasteiger partial charge in [-0.05, 0) is 76.7 Å². The van der Waals surface area contributed by atoms with Crippen LogP contribution < -0.4 is 5.32 Å². The molecule has 2 aliphatic heterocycles. The Kier molecular flexibility index (Phi) is 5.32. The van der Waals surface area contributed by atoms with Crippen LogP contribution in [0.1, 0.15) is 52.2 Å². The highest BCUT2D eigenvalue weighted by molar-refractivity contribution is 7.14. The molecule has 2 saturated heterocycles. The van der Waals surface area contributed by atoms with Crippen LogP contribution in [-0.4, -0.2) is 60.9 Å². The lowest BCUT2D eigenvalue weighted by Gasteiger charge is -2.31. The maximum Gasteiger partial charge on any atom is 0.263 e. The molecular weight excluding hydrogens is 346 g/mol. The molecule has 1 atom stereocenters. The van der Waals surface area contributed by atoms with Crippen LogP contribution in [0.3, 0.4) is 0 Å². The van der Waals surface area contributed by atoms with Gasteiger partial charge in [0, 0.05) is 29.9 Å². The summed E-state index contributed by atoms with van der Waals surface area (Å²) < 4.78 is 0. The van der Waals surface area contributed by atoms with Gasteiger partial charge >= 0.3 is 0 Å². The Morgan fingerprint density at radius 1 is 1.12 bits per heavy atom. The van der Waals surface area contributed by atoms with Crippen molar-refractivity contribution in [3.05, 3.63) is 21.4 Å². The Labute approximate surface area is 159 Å². The molecule has 0 unspecified atom stereocenters. The van der Waals surface area contributed by atoms with E-state index in [1.807, 2.05) is 4.90 Å². The van der Waals surface area contributed by atoms with Gasteiger partial charge in [0.15, 0.2) is 0 Å². The fourth-order valence-corrected chi connectivity index (χ4v) is 5.58. The summed E-state index contributed by atoms with van der Waals surface area (Å²) in [5.74, 6) is 0.463. The zero-order valence-corrected chi connectivity index (χ0v) is 16.4. The topological polar surface area (TPSA) is 52.7 Å². The largest absolute Gasteiger partial charge is 0.353 e. The maximum absolute atomic E-state index is 12.7. The zero-order valence-electron chi connectivity index (χ0n) is 15.6. The van der Waals surface area contributed by atoms with Gasteiger partial charge in [-0.1, -0.05) is 0 Å². The number of likely N-dealkylation sites (tertiary alicyclic amines) is 2. The monoisotopic (exact) mass is 375 g/mol. The molecule has 142 valence electrons.